The average molecular weight is 289 g/mol. The predicted octanol–water partition coefficient (Wildman–Crippen LogP) is 2.01. The number of nitrogens with two attached hydrogens (primary N) is 1. The van der Waals surface area contributed by atoms with Gasteiger partial charge in [-0.2, -0.15) is 0 Å². The van der Waals surface area contributed by atoms with Crippen molar-refractivity contribution in [3.63, 3.8) is 0 Å². The monoisotopic (exact) mass is 288 g/mol. The Labute approximate surface area is 103 Å². The maximum atomic E-state index is 13.4. The van der Waals surface area contributed by atoms with Crippen molar-refractivity contribution in [3.8, 4) is 0 Å². The molecule has 3 nitrogen and oxygen atoms in total. The molecule has 1 amide bonds. The first kappa shape index (κ1) is 13.1. The summed E-state index contributed by atoms with van der Waals surface area (Å²) in [5, 5.41) is 0. The molecule has 0 radical (unpaired) electrons. The molecular formula is C11H14BrFN2O. The van der Waals surface area contributed by atoms with E-state index >= 15 is 0 Å². The van der Waals surface area contributed by atoms with Gasteiger partial charge in [0.05, 0.1) is 5.56 Å². The van der Waals surface area contributed by atoms with Gasteiger partial charge in [0, 0.05) is 18.1 Å². The Hall–Kier alpha value is -0.940. The summed E-state index contributed by atoms with van der Waals surface area (Å²) in [5.74, 6) is -0.833. The molecule has 1 rings (SSSR count). The highest BCUT2D eigenvalue weighted by Gasteiger charge is 2.15. The Bertz CT molecular complexity index is 384. The molecule has 0 saturated carbocycles. The molecule has 2 N–H and O–H groups in total. The number of carbonyl (C=O) groups excluding carboxylic acids is 1. The van der Waals surface area contributed by atoms with Crippen molar-refractivity contribution in [1.29, 1.82) is 0 Å². The van der Waals surface area contributed by atoms with Crippen LogP contribution >= 0.6 is 15.9 Å². The van der Waals surface area contributed by atoms with Gasteiger partial charge in [-0.3, -0.25) is 4.79 Å². The third kappa shape index (κ3) is 3.28. The molecule has 0 aliphatic rings. The topological polar surface area (TPSA) is 46.3 Å². The van der Waals surface area contributed by atoms with Crippen LogP contribution in [0.3, 0.4) is 0 Å². The quantitative estimate of drug-likeness (QED) is 0.921. The first-order chi connectivity index (χ1) is 7.56. The van der Waals surface area contributed by atoms with Gasteiger partial charge < -0.3 is 10.6 Å². The first-order valence-electron chi connectivity index (χ1n) is 4.97. The van der Waals surface area contributed by atoms with Gasteiger partial charge in [-0.05, 0) is 31.2 Å². The standard InChI is InChI=1S/C11H14BrFN2O/c1-15(6-2-5-14)11(16)9-7-8(12)3-4-10(9)13/h3-4,7H,2,5-6,14H2,1H3. The largest absolute Gasteiger partial charge is 0.342 e. The number of hydrogen-bond acceptors (Lipinski definition) is 2. The second kappa shape index (κ2) is 5.96. The van der Waals surface area contributed by atoms with Crippen LogP contribution in [0, 0.1) is 5.82 Å². The molecule has 0 spiro atoms. The van der Waals surface area contributed by atoms with Crippen LogP contribution in [-0.2, 0) is 0 Å². The summed E-state index contributed by atoms with van der Waals surface area (Å²) >= 11 is 3.21. The predicted molar refractivity (Wildman–Crippen MR) is 64.7 cm³/mol. The molecule has 0 heterocycles. The minimum absolute atomic E-state index is 0.0777. The number of benzene rings is 1. The van der Waals surface area contributed by atoms with E-state index in [4.69, 9.17) is 5.73 Å². The molecular weight excluding hydrogens is 275 g/mol. The van der Waals surface area contributed by atoms with Crippen molar-refractivity contribution in [1.82, 2.24) is 4.90 Å². The van der Waals surface area contributed by atoms with Gasteiger partial charge in [0.15, 0.2) is 0 Å². The fourth-order valence-electron chi connectivity index (χ4n) is 1.30. The van der Waals surface area contributed by atoms with Crippen molar-refractivity contribution < 1.29 is 9.18 Å². The molecule has 0 aliphatic heterocycles. The lowest BCUT2D eigenvalue weighted by Gasteiger charge is -2.17. The highest BCUT2D eigenvalue weighted by Crippen LogP contribution is 2.16. The number of rotatable bonds is 4. The Balaban J connectivity index is 2.83. The lowest BCUT2D eigenvalue weighted by atomic mass is 10.2. The second-order valence-electron chi connectivity index (χ2n) is 3.49. The van der Waals surface area contributed by atoms with Crippen molar-refractivity contribution in [2.75, 3.05) is 20.1 Å². The van der Waals surface area contributed by atoms with E-state index in [1.165, 1.54) is 17.0 Å². The molecule has 0 aromatic heterocycles. The maximum Gasteiger partial charge on any atom is 0.256 e. The van der Waals surface area contributed by atoms with E-state index in [2.05, 4.69) is 15.9 Å². The minimum Gasteiger partial charge on any atom is -0.342 e. The first-order valence-corrected chi connectivity index (χ1v) is 5.76. The fraction of sp³-hybridized carbons (Fsp3) is 0.364. The van der Waals surface area contributed by atoms with Gasteiger partial charge in [0.25, 0.3) is 5.91 Å². The smallest absolute Gasteiger partial charge is 0.256 e. The molecule has 5 heteroatoms. The zero-order valence-electron chi connectivity index (χ0n) is 9.04. The summed E-state index contributed by atoms with van der Waals surface area (Å²) in [6, 6.07) is 4.32. The molecule has 1 aromatic rings. The highest BCUT2D eigenvalue weighted by molar-refractivity contribution is 9.10. The lowest BCUT2D eigenvalue weighted by molar-refractivity contribution is 0.0789. The minimum atomic E-state index is -0.507. The summed E-state index contributed by atoms with van der Waals surface area (Å²) in [4.78, 5) is 13.3. The van der Waals surface area contributed by atoms with E-state index in [0.29, 0.717) is 24.0 Å². The second-order valence-corrected chi connectivity index (χ2v) is 4.41. The van der Waals surface area contributed by atoms with Crippen LogP contribution in [0.1, 0.15) is 16.8 Å². The Morgan fingerprint density at radius 1 is 1.56 bits per heavy atom. The highest BCUT2D eigenvalue weighted by atomic mass is 79.9. The SMILES string of the molecule is CN(CCCN)C(=O)c1cc(Br)ccc1F. The van der Waals surface area contributed by atoms with E-state index in [-0.39, 0.29) is 11.5 Å². The van der Waals surface area contributed by atoms with Gasteiger partial charge in [-0.25, -0.2) is 4.39 Å². The third-order valence-electron chi connectivity index (χ3n) is 2.20. The molecule has 0 atom stereocenters. The Morgan fingerprint density at radius 2 is 2.25 bits per heavy atom. The molecule has 16 heavy (non-hydrogen) atoms. The summed E-state index contributed by atoms with van der Waals surface area (Å²) in [7, 11) is 1.64. The zero-order chi connectivity index (χ0) is 12.1. The molecule has 0 saturated heterocycles. The van der Waals surface area contributed by atoms with Crippen LogP contribution in [0.5, 0.6) is 0 Å². The van der Waals surface area contributed by atoms with Crippen molar-refractivity contribution in [2.24, 2.45) is 5.73 Å². The van der Waals surface area contributed by atoms with Crippen LogP contribution in [-0.4, -0.2) is 30.9 Å². The van der Waals surface area contributed by atoms with Gasteiger partial charge >= 0.3 is 0 Å². The number of nitrogens with zero attached hydrogens (tertiary/aromatic N) is 1. The summed E-state index contributed by atoms with van der Waals surface area (Å²) in [6.45, 7) is 1.04. The van der Waals surface area contributed by atoms with E-state index in [9.17, 15) is 9.18 Å². The van der Waals surface area contributed by atoms with Crippen LogP contribution in [0.4, 0.5) is 4.39 Å². The van der Waals surface area contributed by atoms with E-state index in [1.54, 1.807) is 13.1 Å². The van der Waals surface area contributed by atoms with Gasteiger partial charge in [-0.15, -0.1) is 0 Å². The van der Waals surface area contributed by atoms with Gasteiger partial charge in [0.2, 0.25) is 0 Å². The third-order valence-corrected chi connectivity index (χ3v) is 2.70. The van der Waals surface area contributed by atoms with Crippen LogP contribution in [0.15, 0.2) is 22.7 Å². The van der Waals surface area contributed by atoms with Gasteiger partial charge in [-0.1, -0.05) is 15.9 Å². The van der Waals surface area contributed by atoms with E-state index in [1.807, 2.05) is 0 Å². The van der Waals surface area contributed by atoms with Crippen LogP contribution in [0.2, 0.25) is 0 Å². The molecule has 0 fully saturated rings. The molecule has 0 bridgehead atoms. The molecule has 1 aromatic carbocycles. The number of hydrogen-bond donors (Lipinski definition) is 1. The lowest BCUT2D eigenvalue weighted by Crippen LogP contribution is -2.29. The Kier molecular flexibility index (Phi) is 4.89. The van der Waals surface area contributed by atoms with Crippen LogP contribution in [0.25, 0.3) is 0 Å². The number of halogens is 2. The zero-order valence-corrected chi connectivity index (χ0v) is 10.6. The Morgan fingerprint density at radius 3 is 2.88 bits per heavy atom. The van der Waals surface area contributed by atoms with Crippen molar-refractivity contribution in [2.45, 2.75) is 6.42 Å². The number of carbonyl (C=O) groups is 1. The molecule has 88 valence electrons. The van der Waals surface area contributed by atoms with Crippen molar-refractivity contribution in [3.05, 3.63) is 34.1 Å². The molecule has 0 aliphatic carbocycles. The summed E-state index contributed by atoms with van der Waals surface area (Å²) < 4.78 is 14.1. The number of amides is 1. The maximum absolute atomic E-state index is 13.4. The van der Waals surface area contributed by atoms with Crippen molar-refractivity contribution >= 4 is 21.8 Å². The van der Waals surface area contributed by atoms with E-state index in [0.717, 1.165) is 0 Å². The van der Waals surface area contributed by atoms with Crippen LogP contribution < -0.4 is 5.73 Å². The summed E-state index contributed by atoms with van der Waals surface area (Å²) in [5.41, 5.74) is 5.43. The average Bonchev–Trinajstić information content (AvgIpc) is 2.28. The molecule has 0 unspecified atom stereocenters. The fourth-order valence-corrected chi connectivity index (χ4v) is 1.66. The summed E-state index contributed by atoms with van der Waals surface area (Å²) in [6.07, 6.45) is 0.706. The van der Waals surface area contributed by atoms with E-state index < -0.39 is 5.82 Å². The normalized spacial score (nSPS) is 10.2. The van der Waals surface area contributed by atoms with Gasteiger partial charge in [0.1, 0.15) is 5.82 Å².